The second kappa shape index (κ2) is 10.5. The molecule has 0 aliphatic carbocycles. The Kier molecular flexibility index (Phi) is 7.29. The molecule has 4 heterocycles. The van der Waals surface area contributed by atoms with Crippen LogP contribution in [0.5, 0.6) is 5.88 Å². The molecular formula is C26H25ClFN5O5S. The van der Waals surface area contributed by atoms with Gasteiger partial charge in [0.05, 0.1) is 24.3 Å². The largest absolute Gasteiger partial charge is 0.480 e. The van der Waals surface area contributed by atoms with E-state index in [-0.39, 0.29) is 27.0 Å². The summed E-state index contributed by atoms with van der Waals surface area (Å²) < 4.78 is 54.7. The number of nitrogens with one attached hydrogen (secondary N) is 2. The number of fused-ring (bicyclic) bond motifs is 1. The third-order valence-corrected chi connectivity index (χ3v) is 8.49. The van der Waals surface area contributed by atoms with Gasteiger partial charge in [-0.05, 0) is 42.8 Å². The van der Waals surface area contributed by atoms with Gasteiger partial charge in [0.15, 0.2) is 0 Å². The van der Waals surface area contributed by atoms with Gasteiger partial charge >= 0.3 is 0 Å². The first-order valence-corrected chi connectivity index (χ1v) is 13.9. The van der Waals surface area contributed by atoms with Crippen LogP contribution >= 0.6 is 11.6 Å². The molecule has 1 atom stereocenters. The van der Waals surface area contributed by atoms with Crippen LogP contribution in [-0.4, -0.2) is 49.6 Å². The fourth-order valence-electron chi connectivity index (χ4n) is 4.55. The van der Waals surface area contributed by atoms with Crippen molar-refractivity contribution in [2.24, 2.45) is 0 Å². The predicted octanol–water partition coefficient (Wildman–Crippen LogP) is 3.58. The molecule has 204 valence electrons. The molecule has 0 radical (unpaired) electrons. The molecule has 0 saturated carbocycles. The minimum atomic E-state index is -4.22. The highest BCUT2D eigenvalue weighted by molar-refractivity contribution is 7.92. The van der Waals surface area contributed by atoms with Crippen molar-refractivity contribution < 1.29 is 22.3 Å². The van der Waals surface area contributed by atoms with Crippen LogP contribution in [0.1, 0.15) is 18.9 Å². The number of ether oxygens (including phenoxy) is 2. The molecule has 39 heavy (non-hydrogen) atoms. The number of sulfonamides is 1. The summed E-state index contributed by atoms with van der Waals surface area (Å²) in [5.74, 6) is -0.658. The maximum atomic E-state index is 13.6. The van der Waals surface area contributed by atoms with Crippen LogP contribution in [0.15, 0.2) is 64.7 Å². The predicted molar refractivity (Wildman–Crippen MR) is 144 cm³/mol. The van der Waals surface area contributed by atoms with Gasteiger partial charge in [-0.15, -0.1) is 0 Å². The van der Waals surface area contributed by atoms with E-state index in [1.165, 1.54) is 23.8 Å². The lowest BCUT2D eigenvalue weighted by molar-refractivity contribution is -0.0749. The van der Waals surface area contributed by atoms with Crippen molar-refractivity contribution in [1.29, 1.82) is 0 Å². The Morgan fingerprint density at radius 3 is 2.72 bits per heavy atom. The highest BCUT2D eigenvalue weighted by Gasteiger charge is 2.36. The first kappa shape index (κ1) is 27.0. The molecule has 1 aliphatic rings. The van der Waals surface area contributed by atoms with Crippen molar-refractivity contribution >= 4 is 33.0 Å². The zero-order valence-electron chi connectivity index (χ0n) is 21.1. The van der Waals surface area contributed by atoms with E-state index >= 15 is 0 Å². The van der Waals surface area contributed by atoms with Crippen molar-refractivity contribution in [1.82, 2.24) is 19.7 Å². The Morgan fingerprint density at radius 1 is 1.21 bits per heavy atom. The Bertz CT molecular complexity index is 1720. The first-order chi connectivity index (χ1) is 18.7. The number of hydrogen-bond acceptors (Lipinski definition) is 8. The summed E-state index contributed by atoms with van der Waals surface area (Å²) in [4.78, 5) is 22.0. The number of anilines is 1. The van der Waals surface area contributed by atoms with Crippen LogP contribution in [-0.2, 0) is 20.4 Å². The molecule has 0 amide bonds. The summed E-state index contributed by atoms with van der Waals surface area (Å²) in [5.41, 5.74) is 0.946. The minimum absolute atomic E-state index is 0.00861. The van der Waals surface area contributed by atoms with Gasteiger partial charge < -0.3 is 14.8 Å². The summed E-state index contributed by atoms with van der Waals surface area (Å²) in [6, 6.07) is 7.93. The minimum Gasteiger partial charge on any atom is -0.480 e. The van der Waals surface area contributed by atoms with E-state index in [0.717, 1.165) is 18.2 Å². The van der Waals surface area contributed by atoms with E-state index in [9.17, 15) is 17.6 Å². The van der Waals surface area contributed by atoms with Gasteiger partial charge in [0, 0.05) is 42.8 Å². The van der Waals surface area contributed by atoms with Crippen molar-refractivity contribution in [2.75, 3.05) is 31.5 Å². The lowest BCUT2D eigenvalue weighted by Gasteiger charge is -2.36. The molecule has 3 aromatic heterocycles. The number of nitrogens with zero attached hydrogens (tertiary/aromatic N) is 3. The summed E-state index contributed by atoms with van der Waals surface area (Å²) in [6.07, 6.45) is 5.27. The monoisotopic (exact) mass is 573 g/mol. The lowest BCUT2D eigenvalue weighted by Crippen LogP contribution is -2.50. The molecule has 1 unspecified atom stereocenters. The zero-order valence-corrected chi connectivity index (χ0v) is 22.6. The second-order valence-corrected chi connectivity index (χ2v) is 11.0. The molecule has 0 spiro atoms. The molecule has 4 aromatic rings. The highest BCUT2D eigenvalue weighted by Crippen LogP contribution is 2.32. The van der Waals surface area contributed by atoms with Gasteiger partial charge in [-0.1, -0.05) is 18.5 Å². The summed E-state index contributed by atoms with van der Waals surface area (Å²) in [7, 11) is -2.87. The van der Waals surface area contributed by atoms with Gasteiger partial charge in [-0.3, -0.25) is 13.9 Å². The molecule has 10 nitrogen and oxygen atoms in total. The normalized spacial score (nSPS) is 17.7. The van der Waals surface area contributed by atoms with E-state index in [0.29, 0.717) is 48.5 Å². The maximum absolute atomic E-state index is 13.6. The molecule has 1 aromatic carbocycles. The molecule has 5 rings (SSSR count). The summed E-state index contributed by atoms with van der Waals surface area (Å²) in [5, 5.41) is 3.01. The third-order valence-electron chi connectivity index (χ3n) is 6.64. The molecule has 1 fully saturated rings. The van der Waals surface area contributed by atoms with E-state index in [1.807, 2.05) is 6.92 Å². The van der Waals surface area contributed by atoms with Crippen LogP contribution in [0.25, 0.3) is 16.8 Å². The summed E-state index contributed by atoms with van der Waals surface area (Å²) >= 11 is 5.98. The van der Waals surface area contributed by atoms with E-state index < -0.39 is 21.4 Å². The Balaban J connectivity index is 1.56. The van der Waals surface area contributed by atoms with Crippen molar-refractivity contribution in [3.63, 3.8) is 0 Å². The Morgan fingerprint density at radius 2 is 2.03 bits per heavy atom. The van der Waals surface area contributed by atoms with Crippen LogP contribution in [0.3, 0.4) is 0 Å². The standard InChI is InChI=1S/C26H25ClFN5O5S/c1-3-26(15-29-8-9-38-26)19-13-30-23-7-4-16(14-33(23)25(19)34)17-10-21(24(37-2)31-12-17)32-39(35,36)22-6-5-18(28)11-20(22)27/h4-7,10-14,29,32H,3,8-9,15H2,1-2H3. The molecule has 2 N–H and O–H groups in total. The third kappa shape index (κ3) is 5.08. The molecular weight excluding hydrogens is 549 g/mol. The topological polar surface area (TPSA) is 124 Å². The average molecular weight is 574 g/mol. The van der Waals surface area contributed by atoms with Crippen LogP contribution in [0, 0.1) is 5.82 Å². The smallest absolute Gasteiger partial charge is 0.264 e. The zero-order chi connectivity index (χ0) is 27.8. The average Bonchev–Trinajstić information content (AvgIpc) is 2.93. The van der Waals surface area contributed by atoms with Crippen molar-refractivity contribution in [3.8, 4) is 17.0 Å². The highest BCUT2D eigenvalue weighted by atomic mass is 35.5. The Labute approximate surface area is 228 Å². The van der Waals surface area contributed by atoms with Crippen molar-refractivity contribution in [2.45, 2.75) is 23.8 Å². The fraction of sp³-hybridized carbons (Fsp3) is 0.269. The lowest BCUT2D eigenvalue weighted by atomic mass is 9.91. The molecule has 1 aliphatic heterocycles. The number of morpholine rings is 1. The van der Waals surface area contributed by atoms with Gasteiger partial charge in [-0.25, -0.2) is 22.8 Å². The number of benzene rings is 1. The van der Waals surface area contributed by atoms with Crippen LogP contribution < -0.4 is 20.3 Å². The van der Waals surface area contributed by atoms with Crippen molar-refractivity contribution in [3.05, 3.63) is 81.7 Å². The van der Waals surface area contributed by atoms with E-state index in [2.05, 4.69) is 20.0 Å². The van der Waals surface area contributed by atoms with E-state index in [1.54, 1.807) is 24.5 Å². The number of hydrogen-bond donors (Lipinski definition) is 2. The second-order valence-electron chi connectivity index (χ2n) is 8.96. The van der Waals surface area contributed by atoms with Crippen LogP contribution in [0.2, 0.25) is 5.02 Å². The molecule has 13 heteroatoms. The Hall–Kier alpha value is -3.58. The molecule has 0 bridgehead atoms. The van der Waals surface area contributed by atoms with Gasteiger partial charge in [0.2, 0.25) is 5.88 Å². The summed E-state index contributed by atoms with van der Waals surface area (Å²) in [6.45, 7) is 3.64. The SMILES string of the molecule is CCC1(c2cnc3ccc(-c4cnc(OC)c(NS(=O)(=O)c5ccc(F)cc5Cl)c4)cn3c2=O)CNCCO1. The first-order valence-electron chi connectivity index (χ1n) is 12.1. The number of methoxy groups -OCH3 is 1. The van der Waals surface area contributed by atoms with E-state index in [4.69, 9.17) is 21.1 Å². The fourth-order valence-corrected chi connectivity index (χ4v) is 6.13. The quantitative estimate of drug-likeness (QED) is 0.344. The molecule has 1 saturated heterocycles. The number of pyridine rings is 2. The number of rotatable bonds is 7. The number of aromatic nitrogens is 3. The van der Waals surface area contributed by atoms with Gasteiger partial charge in [0.1, 0.15) is 27.6 Å². The van der Waals surface area contributed by atoms with Gasteiger partial charge in [-0.2, -0.15) is 0 Å². The van der Waals surface area contributed by atoms with Crippen LogP contribution in [0.4, 0.5) is 10.1 Å². The maximum Gasteiger partial charge on any atom is 0.264 e. The number of halogens is 2. The van der Waals surface area contributed by atoms with Gasteiger partial charge in [0.25, 0.3) is 15.6 Å².